The van der Waals surface area contributed by atoms with Crippen molar-refractivity contribution in [3.63, 3.8) is 0 Å². The van der Waals surface area contributed by atoms with Gasteiger partial charge in [0, 0.05) is 23.5 Å². The molecule has 110 valence electrons. The van der Waals surface area contributed by atoms with E-state index in [9.17, 15) is 4.79 Å². The maximum absolute atomic E-state index is 10.4. The first-order valence-corrected chi connectivity index (χ1v) is 6.41. The molecule has 7 nitrogen and oxygen atoms in total. The van der Waals surface area contributed by atoms with Crippen molar-refractivity contribution in [2.45, 2.75) is 0 Å². The van der Waals surface area contributed by atoms with Crippen LogP contribution in [-0.4, -0.2) is 32.9 Å². The molecule has 0 spiro atoms. The summed E-state index contributed by atoms with van der Waals surface area (Å²) in [5, 5.41) is 16.5. The number of carboxylic acids is 1. The molecule has 0 aliphatic rings. The summed E-state index contributed by atoms with van der Waals surface area (Å²) in [5.41, 5.74) is 1.51. The lowest BCUT2D eigenvalue weighted by atomic mass is 10.2. The zero-order valence-corrected chi connectivity index (χ0v) is 11.3. The molecule has 0 radical (unpaired) electrons. The molecule has 1 N–H and O–H groups in total. The van der Waals surface area contributed by atoms with Gasteiger partial charge in [-0.3, -0.25) is 4.98 Å². The van der Waals surface area contributed by atoms with Crippen LogP contribution >= 0.6 is 0 Å². The van der Waals surface area contributed by atoms with Crippen LogP contribution in [0.15, 0.2) is 53.2 Å². The van der Waals surface area contributed by atoms with Gasteiger partial charge in [-0.05, 0) is 36.4 Å². The zero-order chi connectivity index (χ0) is 15.4. The first-order chi connectivity index (χ1) is 10.7. The molecule has 0 atom stereocenters. The van der Waals surface area contributed by atoms with Gasteiger partial charge in [0.2, 0.25) is 11.8 Å². The van der Waals surface area contributed by atoms with Gasteiger partial charge >= 0.3 is 5.97 Å². The van der Waals surface area contributed by atoms with E-state index in [1.807, 2.05) is 0 Å². The fourth-order valence-corrected chi connectivity index (χ4v) is 1.79. The van der Waals surface area contributed by atoms with Gasteiger partial charge in [-0.1, -0.05) is 0 Å². The topological polar surface area (TPSA) is 98.3 Å². The normalized spacial score (nSPS) is 10.4. The number of ether oxygens (including phenoxy) is 1. The Morgan fingerprint density at radius 3 is 2.18 bits per heavy atom. The Labute approximate surface area is 125 Å². The number of benzene rings is 1. The summed E-state index contributed by atoms with van der Waals surface area (Å²) in [7, 11) is 0. The number of nitrogens with zero attached hydrogens (tertiary/aromatic N) is 3. The molecular weight excluding hydrogens is 286 g/mol. The molecule has 0 bridgehead atoms. The summed E-state index contributed by atoms with van der Waals surface area (Å²) in [6.07, 6.45) is 3.29. The summed E-state index contributed by atoms with van der Waals surface area (Å²) >= 11 is 0. The van der Waals surface area contributed by atoms with Crippen molar-refractivity contribution in [1.82, 2.24) is 15.2 Å². The van der Waals surface area contributed by atoms with Crippen LogP contribution in [0.1, 0.15) is 0 Å². The van der Waals surface area contributed by atoms with E-state index in [0.29, 0.717) is 17.5 Å². The van der Waals surface area contributed by atoms with Gasteiger partial charge in [0.05, 0.1) is 0 Å². The minimum atomic E-state index is -1.03. The molecule has 22 heavy (non-hydrogen) atoms. The van der Waals surface area contributed by atoms with Crippen LogP contribution in [0.4, 0.5) is 0 Å². The quantitative estimate of drug-likeness (QED) is 0.771. The van der Waals surface area contributed by atoms with Gasteiger partial charge in [0.25, 0.3) is 0 Å². The Hall–Kier alpha value is -3.22. The first-order valence-electron chi connectivity index (χ1n) is 6.41. The van der Waals surface area contributed by atoms with E-state index in [2.05, 4.69) is 15.2 Å². The molecule has 0 amide bonds. The number of hydrogen-bond donors (Lipinski definition) is 1. The fourth-order valence-electron chi connectivity index (χ4n) is 1.79. The highest BCUT2D eigenvalue weighted by Crippen LogP contribution is 2.24. The molecule has 0 unspecified atom stereocenters. The number of hydrogen-bond acceptors (Lipinski definition) is 6. The number of carboxylic acid groups (broad SMARTS) is 1. The summed E-state index contributed by atoms with van der Waals surface area (Å²) in [5.74, 6) is 0.211. The van der Waals surface area contributed by atoms with Crippen molar-refractivity contribution < 1.29 is 19.1 Å². The average molecular weight is 297 g/mol. The molecule has 3 rings (SSSR count). The van der Waals surface area contributed by atoms with Gasteiger partial charge in [-0.25, -0.2) is 4.79 Å². The minimum absolute atomic E-state index is 0.372. The fraction of sp³-hybridized carbons (Fsp3) is 0.0667. The lowest BCUT2D eigenvalue weighted by Crippen LogP contribution is -2.09. The van der Waals surface area contributed by atoms with Crippen molar-refractivity contribution in [1.29, 1.82) is 0 Å². The SMILES string of the molecule is O=C(O)COc1ccc(-c2nnc(-c3ccncc3)o2)cc1. The molecule has 3 aromatic rings. The second-order valence-corrected chi connectivity index (χ2v) is 4.36. The van der Waals surface area contributed by atoms with Crippen LogP contribution in [0.5, 0.6) is 5.75 Å². The Kier molecular flexibility index (Phi) is 3.78. The number of carbonyl (C=O) groups is 1. The van der Waals surface area contributed by atoms with Gasteiger partial charge in [0.15, 0.2) is 6.61 Å². The van der Waals surface area contributed by atoms with Crippen LogP contribution in [0.3, 0.4) is 0 Å². The summed E-state index contributed by atoms with van der Waals surface area (Å²) < 4.78 is 10.7. The van der Waals surface area contributed by atoms with E-state index in [1.54, 1.807) is 48.8 Å². The molecule has 0 aliphatic carbocycles. The monoisotopic (exact) mass is 297 g/mol. The predicted octanol–water partition coefficient (Wildman–Crippen LogP) is 2.26. The molecule has 0 aliphatic heterocycles. The summed E-state index contributed by atoms with van der Waals surface area (Å²) in [6.45, 7) is -0.383. The number of aromatic nitrogens is 3. The van der Waals surface area contributed by atoms with Crippen LogP contribution in [-0.2, 0) is 4.79 Å². The van der Waals surface area contributed by atoms with Crippen molar-refractivity contribution in [3.8, 4) is 28.7 Å². The Morgan fingerprint density at radius 2 is 1.59 bits per heavy atom. The van der Waals surface area contributed by atoms with Gasteiger partial charge in [0.1, 0.15) is 5.75 Å². The van der Waals surface area contributed by atoms with E-state index in [1.165, 1.54) is 0 Å². The Balaban J connectivity index is 1.77. The van der Waals surface area contributed by atoms with Gasteiger partial charge < -0.3 is 14.3 Å². The lowest BCUT2D eigenvalue weighted by Gasteiger charge is -2.02. The molecule has 0 saturated heterocycles. The largest absolute Gasteiger partial charge is 0.482 e. The van der Waals surface area contributed by atoms with Crippen LogP contribution in [0.2, 0.25) is 0 Å². The number of pyridine rings is 1. The summed E-state index contributed by atoms with van der Waals surface area (Å²) in [6, 6.07) is 10.3. The van der Waals surface area contributed by atoms with Crippen molar-refractivity contribution in [2.24, 2.45) is 0 Å². The minimum Gasteiger partial charge on any atom is -0.482 e. The Bertz CT molecular complexity index is 769. The number of aliphatic carboxylic acids is 1. The van der Waals surface area contributed by atoms with Gasteiger partial charge in [-0.2, -0.15) is 0 Å². The van der Waals surface area contributed by atoms with E-state index in [-0.39, 0.29) is 6.61 Å². The molecule has 2 heterocycles. The summed E-state index contributed by atoms with van der Waals surface area (Å²) in [4.78, 5) is 14.4. The first kappa shape index (κ1) is 13.7. The van der Waals surface area contributed by atoms with Crippen LogP contribution in [0.25, 0.3) is 22.9 Å². The third kappa shape index (κ3) is 3.09. The third-order valence-corrected chi connectivity index (χ3v) is 2.82. The van der Waals surface area contributed by atoms with Crippen molar-refractivity contribution in [2.75, 3.05) is 6.61 Å². The lowest BCUT2D eigenvalue weighted by molar-refractivity contribution is -0.139. The third-order valence-electron chi connectivity index (χ3n) is 2.82. The second-order valence-electron chi connectivity index (χ2n) is 4.36. The Morgan fingerprint density at radius 1 is 1.00 bits per heavy atom. The molecule has 2 aromatic heterocycles. The van der Waals surface area contributed by atoms with E-state index in [0.717, 1.165) is 11.1 Å². The molecular formula is C15H11N3O4. The van der Waals surface area contributed by atoms with Crippen LogP contribution < -0.4 is 4.74 Å². The van der Waals surface area contributed by atoms with E-state index in [4.69, 9.17) is 14.3 Å². The van der Waals surface area contributed by atoms with E-state index < -0.39 is 5.97 Å². The zero-order valence-electron chi connectivity index (χ0n) is 11.3. The molecule has 7 heteroatoms. The highest BCUT2D eigenvalue weighted by atomic mass is 16.5. The highest BCUT2D eigenvalue weighted by molar-refractivity contribution is 5.68. The van der Waals surface area contributed by atoms with Gasteiger partial charge in [-0.15, -0.1) is 10.2 Å². The van der Waals surface area contributed by atoms with Crippen LogP contribution in [0, 0.1) is 0 Å². The average Bonchev–Trinajstić information content (AvgIpc) is 3.04. The smallest absolute Gasteiger partial charge is 0.341 e. The molecule has 1 aromatic carbocycles. The van der Waals surface area contributed by atoms with Crippen molar-refractivity contribution in [3.05, 3.63) is 48.8 Å². The molecule has 0 saturated carbocycles. The number of rotatable bonds is 5. The maximum Gasteiger partial charge on any atom is 0.341 e. The standard InChI is InChI=1S/C15H11N3O4/c19-13(20)9-21-12-3-1-10(2-4-12)14-17-18-15(22-14)11-5-7-16-8-6-11/h1-8H,9H2,(H,19,20). The maximum atomic E-state index is 10.4. The highest BCUT2D eigenvalue weighted by Gasteiger charge is 2.10. The van der Waals surface area contributed by atoms with Crippen molar-refractivity contribution >= 4 is 5.97 Å². The molecule has 0 fully saturated rings. The predicted molar refractivity (Wildman–Crippen MR) is 76.1 cm³/mol. The second kappa shape index (κ2) is 6.04. The van der Waals surface area contributed by atoms with E-state index >= 15 is 0 Å².